The highest BCUT2D eigenvalue weighted by atomic mass is 35.5. The number of aryl methyl sites for hydroxylation is 1. The van der Waals surface area contributed by atoms with Crippen molar-refractivity contribution >= 4 is 40.4 Å². The van der Waals surface area contributed by atoms with Crippen LogP contribution in [0.3, 0.4) is 0 Å². The quantitative estimate of drug-likeness (QED) is 0.597. The number of carbonyl (C=O) groups is 1. The van der Waals surface area contributed by atoms with Gasteiger partial charge in [0.2, 0.25) is 0 Å². The number of carbonyl (C=O) groups excluding carboxylic acids is 1. The maximum absolute atomic E-state index is 12.9. The van der Waals surface area contributed by atoms with Crippen LogP contribution in [0.25, 0.3) is 5.65 Å². The van der Waals surface area contributed by atoms with E-state index in [1.807, 2.05) is 13.0 Å². The first-order valence-corrected chi connectivity index (χ1v) is 10.8. The molecule has 29 heavy (non-hydrogen) atoms. The molecule has 0 radical (unpaired) electrons. The molecule has 152 valence electrons. The van der Waals surface area contributed by atoms with Crippen molar-refractivity contribution in [2.45, 2.75) is 38.1 Å². The molecule has 0 spiro atoms. The summed E-state index contributed by atoms with van der Waals surface area (Å²) in [5.74, 6) is -0.148. The van der Waals surface area contributed by atoms with Crippen molar-refractivity contribution < 1.29 is 4.79 Å². The molecule has 3 aromatic rings. The Balaban J connectivity index is 1.45. The fourth-order valence-electron chi connectivity index (χ4n) is 3.75. The van der Waals surface area contributed by atoms with E-state index in [-0.39, 0.29) is 5.91 Å². The molecule has 4 rings (SSSR count). The predicted molar refractivity (Wildman–Crippen MR) is 118 cm³/mol. The topological polar surface area (TPSA) is 49.6 Å². The summed E-state index contributed by atoms with van der Waals surface area (Å²) < 4.78 is 1.76. The van der Waals surface area contributed by atoms with Gasteiger partial charge in [-0.15, -0.1) is 11.6 Å². The molecule has 1 fully saturated rings. The molecule has 0 unspecified atom stereocenters. The number of aromatic nitrogens is 2. The molecule has 0 bridgehead atoms. The first-order chi connectivity index (χ1) is 14.0. The molecule has 0 aliphatic carbocycles. The van der Waals surface area contributed by atoms with Crippen LogP contribution in [0.5, 0.6) is 0 Å². The zero-order valence-corrected chi connectivity index (χ0v) is 17.9. The summed E-state index contributed by atoms with van der Waals surface area (Å²) in [6.45, 7) is 4.42. The highest BCUT2D eigenvalue weighted by Crippen LogP contribution is 2.23. The fraction of sp³-hybridized carbons (Fsp3) is 0.364. The van der Waals surface area contributed by atoms with Gasteiger partial charge in [-0.05, 0) is 49.1 Å². The molecule has 1 amide bonds. The minimum absolute atomic E-state index is 0.148. The summed E-state index contributed by atoms with van der Waals surface area (Å²) in [4.78, 5) is 19.8. The zero-order valence-electron chi connectivity index (χ0n) is 16.4. The molecule has 5 nitrogen and oxygen atoms in total. The van der Waals surface area contributed by atoms with E-state index in [4.69, 9.17) is 23.2 Å². The van der Waals surface area contributed by atoms with E-state index in [9.17, 15) is 4.79 Å². The van der Waals surface area contributed by atoms with E-state index in [1.54, 1.807) is 16.7 Å². The molecule has 0 atom stereocenters. The van der Waals surface area contributed by atoms with Crippen molar-refractivity contribution in [1.82, 2.24) is 14.7 Å². The molecule has 2 aromatic heterocycles. The van der Waals surface area contributed by atoms with Gasteiger partial charge in [-0.2, -0.15) is 0 Å². The van der Waals surface area contributed by atoms with Crippen LogP contribution >= 0.6 is 23.2 Å². The Morgan fingerprint density at radius 2 is 1.90 bits per heavy atom. The van der Waals surface area contributed by atoms with Crippen LogP contribution in [0.15, 0.2) is 42.6 Å². The third-order valence-electron chi connectivity index (χ3n) is 5.38. The Kier molecular flexibility index (Phi) is 5.97. The monoisotopic (exact) mass is 430 g/mol. The zero-order chi connectivity index (χ0) is 20.4. The minimum Gasteiger partial charge on any atom is -0.371 e. The molecule has 1 aliphatic heterocycles. The van der Waals surface area contributed by atoms with Gasteiger partial charge in [0.15, 0.2) is 0 Å². The van der Waals surface area contributed by atoms with Gasteiger partial charge in [-0.3, -0.25) is 9.20 Å². The summed E-state index contributed by atoms with van der Waals surface area (Å²) in [5.41, 5.74) is 4.29. The Morgan fingerprint density at radius 3 is 2.59 bits per heavy atom. The standard InChI is InChI=1S/C22H24Cl2N4O/c1-2-19-21(28-14-17(24)5-8-20(28)26-19)22(29)25-13-15-3-6-18(7-4-15)27-11-9-16(23)10-12-27/h3-8,14,16H,2,9-13H2,1H3,(H,25,29). The van der Waals surface area contributed by atoms with Gasteiger partial charge in [0.1, 0.15) is 11.3 Å². The normalized spacial score (nSPS) is 15.1. The van der Waals surface area contributed by atoms with Crippen LogP contribution < -0.4 is 10.2 Å². The molecule has 7 heteroatoms. The molecule has 3 heterocycles. The van der Waals surface area contributed by atoms with Gasteiger partial charge < -0.3 is 10.2 Å². The van der Waals surface area contributed by atoms with Gasteiger partial charge in [0, 0.05) is 36.9 Å². The van der Waals surface area contributed by atoms with Gasteiger partial charge in [0.05, 0.1) is 10.7 Å². The van der Waals surface area contributed by atoms with Crippen molar-refractivity contribution in [3.8, 4) is 0 Å². The average molecular weight is 431 g/mol. The largest absolute Gasteiger partial charge is 0.371 e. The van der Waals surface area contributed by atoms with E-state index in [1.165, 1.54) is 5.69 Å². The molecule has 1 saturated heterocycles. The first kappa shape index (κ1) is 20.0. The van der Waals surface area contributed by atoms with Crippen LogP contribution in [0.1, 0.15) is 41.5 Å². The maximum atomic E-state index is 12.9. The number of pyridine rings is 1. The van der Waals surface area contributed by atoms with E-state index in [2.05, 4.69) is 39.5 Å². The Hall–Kier alpha value is -2.24. The van der Waals surface area contributed by atoms with Gasteiger partial charge >= 0.3 is 0 Å². The first-order valence-electron chi connectivity index (χ1n) is 9.98. The number of amides is 1. The highest BCUT2D eigenvalue weighted by molar-refractivity contribution is 6.30. The van der Waals surface area contributed by atoms with Crippen LogP contribution in [-0.4, -0.2) is 33.8 Å². The van der Waals surface area contributed by atoms with Crippen molar-refractivity contribution in [3.63, 3.8) is 0 Å². The predicted octanol–water partition coefficient (Wildman–Crippen LogP) is 4.69. The third kappa shape index (κ3) is 4.36. The summed E-state index contributed by atoms with van der Waals surface area (Å²) in [6.07, 6.45) is 4.44. The number of hydrogen-bond donors (Lipinski definition) is 1. The van der Waals surface area contributed by atoms with Gasteiger partial charge in [0.25, 0.3) is 5.91 Å². The summed E-state index contributed by atoms with van der Waals surface area (Å²) >= 11 is 12.3. The number of nitrogens with zero attached hydrogens (tertiary/aromatic N) is 3. The van der Waals surface area contributed by atoms with E-state index < -0.39 is 0 Å². The molecule has 1 aliphatic rings. The molecule has 1 aromatic carbocycles. The second kappa shape index (κ2) is 8.64. The molecular formula is C22H24Cl2N4O. The molecule has 1 N–H and O–H groups in total. The van der Waals surface area contributed by atoms with E-state index in [0.717, 1.165) is 42.8 Å². The summed E-state index contributed by atoms with van der Waals surface area (Å²) in [7, 11) is 0. The van der Waals surface area contributed by atoms with Crippen molar-refractivity contribution in [2.75, 3.05) is 18.0 Å². The van der Waals surface area contributed by atoms with Crippen molar-refractivity contribution in [2.24, 2.45) is 0 Å². The number of rotatable bonds is 5. The van der Waals surface area contributed by atoms with Crippen LogP contribution in [0.2, 0.25) is 5.02 Å². The maximum Gasteiger partial charge on any atom is 0.270 e. The van der Waals surface area contributed by atoms with E-state index in [0.29, 0.717) is 29.1 Å². The number of nitrogens with one attached hydrogen (secondary N) is 1. The number of benzene rings is 1. The second-order valence-corrected chi connectivity index (χ2v) is 8.40. The Labute approximate surface area is 180 Å². The molecule has 0 saturated carbocycles. The number of anilines is 1. The number of alkyl halides is 1. The highest BCUT2D eigenvalue weighted by Gasteiger charge is 2.19. The lowest BCUT2D eigenvalue weighted by atomic mass is 10.1. The second-order valence-electron chi connectivity index (χ2n) is 7.35. The van der Waals surface area contributed by atoms with Crippen molar-refractivity contribution in [3.05, 3.63) is 64.6 Å². The summed E-state index contributed by atoms with van der Waals surface area (Å²) in [5, 5.41) is 3.88. The number of fused-ring (bicyclic) bond motifs is 1. The minimum atomic E-state index is -0.148. The van der Waals surface area contributed by atoms with Gasteiger partial charge in [-0.1, -0.05) is 30.7 Å². The van der Waals surface area contributed by atoms with Crippen LogP contribution in [0.4, 0.5) is 5.69 Å². The third-order valence-corrected chi connectivity index (χ3v) is 6.04. The number of hydrogen-bond acceptors (Lipinski definition) is 3. The van der Waals surface area contributed by atoms with Crippen molar-refractivity contribution in [1.29, 1.82) is 0 Å². The average Bonchev–Trinajstić information content (AvgIpc) is 3.11. The summed E-state index contributed by atoms with van der Waals surface area (Å²) in [6, 6.07) is 12.0. The lowest BCUT2D eigenvalue weighted by Gasteiger charge is -2.31. The number of piperidine rings is 1. The fourth-order valence-corrected chi connectivity index (χ4v) is 4.11. The van der Waals surface area contributed by atoms with Crippen LogP contribution in [0, 0.1) is 0 Å². The smallest absolute Gasteiger partial charge is 0.270 e. The van der Waals surface area contributed by atoms with Crippen LogP contribution in [-0.2, 0) is 13.0 Å². The lowest BCUT2D eigenvalue weighted by Crippen LogP contribution is -2.33. The lowest BCUT2D eigenvalue weighted by molar-refractivity contribution is 0.0944. The molecular weight excluding hydrogens is 407 g/mol. The SMILES string of the molecule is CCc1nc2ccc(Cl)cn2c1C(=O)NCc1ccc(N2CCC(Cl)CC2)cc1. The number of halogens is 2. The Morgan fingerprint density at radius 1 is 1.17 bits per heavy atom. The van der Waals surface area contributed by atoms with Gasteiger partial charge in [-0.25, -0.2) is 4.98 Å². The number of imidazole rings is 1. The Bertz CT molecular complexity index is 1010. The van der Waals surface area contributed by atoms with E-state index >= 15 is 0 Å².